The number of ether oxygens (including phenoxy) is 1. The first-order chi connectivity index (χ1) is 12.6. The molecule has 0 saturated carbocycles. The maximum Gasteiger partial charge on any atom is 0.417 e. The lowest BCUT2D eigenvalue weighted by Gasteiger charge is -2.13. The highest BCUT2D eigenvalue weighted by atomic mass is 35.5. The summed E-state index contributed by atoms with van der Waals surface area (Å²) in [5.74, 6) is -1.50. The number of benzene rings is 2. The van der Waals surface area contributed by atoms with Crippen LogP contribution in [0.1, 0.15) is 34.8 Å². The molecule has 0 aliphatic rings. The van der Waals surface area contributed by atoms with E-state index in [1.807, 2.05) is 0 Å². The Morgan fingerprint density at radius 1 is 1.19 bits per heavy atom. The van der Waals surface area contributed by atoms with Crippen LogP contribution in [0, 0.1) is 0 Å². The molecule has 5 nitrogen and oxygen atoms in total. The number of anilines is 1. The maximum absolute atomic E-state index is 12.9. The molecule has 9 heteroatoms. The molecule has 0 heterocycles. The zero-order chi connectivity index (χ0) is 20.2. The molecule has 144 valence electrons. The Kier molecular flexibility index (Phi) is 6.32. The van der Waals surface area contributed by atoms with E-state index in [1.165, 1.54) is 24.3 Å². The number of carboxylic acids is 1. The van der Waals surface area contributed by atoms with E-state index in [9.17, 15) is 27.9 Å². The predicted molar refractivity (Wildman–Crippen MR) is 93.1 cm³/mol. The number of alkyl halides is 3. The van der Waals surface area contributed by atoms with Crippen LogP contribution < -0.4 is 10.1 Å². The Morgan fingerprint density at radius 2 is 1.89 bits per heavy atom. The third kappa shape index (κ3) is 5.37. The van der Waals surface area contributed by atoms with Crippen molar-refractivity contribution in [2.75, 3.05) is 5.32 Å². The summed E-state index contributed by atoms with van der Waals surface area (Å²) in [4.78, 5) is 22.8. The summed E-state index contributed by atoms with van der Waals surface area (Å²) in [7, 11) is 0. The van der Waals surface area contributed by atoms with Crippen LogP contribution in [-0.4, -0.2) is 17.0 Å². The Bertz CT molecular complexity index is 868. The number of carbonyl (C=O) groups is 2. The number of hydrogen-bond acceptors (Lipinski definition) is 3. The van der Waals surface area contributed by atoms with E-state index < -0.39 is 22.7 Å². The Labute approximate surface area is 157 Å². The van der Waals surface area contributed by atoms with E-state index in [4.69, 9.17) is 16.3 Å². The van der Waals surface area contributed by atoms with Gasteiger partial charge in [0, 0.05) is 6.42 Å². The van der Waals surface area contributed by atoms with Crippen molar-refractivity contribution in [1.82, 2.24) is 0 Å². The largest absolute Gasteiger partial charge is 0.489 e. The van der Waals surface area contributed by atoms with Crippen LogP contribution in [0.4, 0.5) is 18.9 Å². The number of nitrogens with one attached hydrogen (secondary N) is 1. The highest BCUT2D eigenvalue weighted by Crippen LogP contribution is 2.35. The van der Waals surface area contributed by atoms with Crippen molar-refractivity contribution >= 4 is 29.2 Å². The van der Waals surface area contributed by atoms with Gasteiger partial charge in [0.05, 0.1) is 21.8 Å². The molecule has 2 rings (SSSR count). The molecule has 0 fully saturated rings. The van der Waals surface area contributed by atoms with Crippen LogP contribution in [0.3, 0.4) is 0 Å². The summed E-state index contributed by atoms with van der Waals surface area (Å²) in [6.45, 7) is 1.40. The summed E-state index contributed by atoms with van der Waals surface area (Å²) >= 11 is 5.56. The summed E-state index contributed by atoms with van der Waals surface area (Å²) in [5, 5.41) is 11.3. The van der Waals surface area contributed by atoms with Crippen LogP contribution in [0.15, 0.2) is 36.4 Å². The molecule has 27 heavy (non-hydrogen) atoms. The van der Waals surface area contributed by atoms with Crippen molar-refractivity contribution in [2.45, 2.75) is 26.1 Å². The van der Waals surface area contributed by atoms with Gasteiger partial charge in [0.2, 0.25) is 5.91 Å². The van der Waals surface area contributed by atoms with Gasteiger partial charge in [-0.1, -0.05) is 24.6 Å². The third-order valence-electron chi connectivity index (χ3n) is 3.56. The first-order valence-electron chi connectivity index (χ1n) is 7.77. The second kappa shape index (κ2) is 8.30. The van der Waals surface area contributed by atoms with Gasteiger partial charge in [0.1, 0.15) is 12.4 Å². The van der Waals surface area contributed by atoms with Gasteiger partial charge < -0.3 is 15.2 Å². The van der Waals surface area contributed by atoms with Gasteiger partial charge in [-0.25, -0.2) is 4.79 Å². The van der Waals surface area contributed by atoms with Crippen LogP contribution in [0.25, 0.3) is 0 Å². The van der Waals surface area contributed by atoms with Crippen molar-refractivity contribution in [3.8, 4) is 5.75 Å². The molecule has 0 spiro atoms. The fourth-order valence-electron chi connectivity index (χ4n) is 2.18. The third-order valence-corrected chi connectivity index (χ3v) is 3.89. The molecular weight excluding hydrogens is 387 g/mol. The van der Waals surface area contributed by atoms with E-state index in [0.29, 0.717) is 0 Å². The smallest absolute Gasteiger partial charge is 0.417 e. The number of amides is 1. The number of rotatable bonds is 6. The Balaban J connectivity index is 2.20. The standard InChI is InChI=1S/C18H15ClF3NO4/c1-2-16(24)23-15-6-4-11(8-12(15)17(25)26)27-9-10-3-5-14(19)13(7-10)18(20,21)22/h3-8H,2,9H2,1H3,(H,23,24)(H,25,26). The minimum absolute atomic E-state index is 0.104. The van der Waals surface area contributed by atoms with Crippen LogP contribution >= 0.6 is 11.6 Å². The molecule has 0 radical (unpaired) electrons. The van der Waals surface area contributed by atoms with Crippen LogP contribution in [0.5, 0.6) is 5.75 Å². The average Bonchev–Trinajstić information content (AvgIpc) is 2.60. The van der Waals surface area contributed by atoms with Crippen LogP contribution in [0.2, 0.25) is 5.02 Å². The van der Waals surface area contributed by atoms with Gasteiger partial charge in [0.15, 0.2) is 0 Å². The molecule has 0 saturated heterocycles. The van der Waals surface area contributed by atoms with E-state index in [2.05, 4.69) is 5.32 Å². The topological polar surface area (TPSA) is 75.6 Å². The summed E-state index contributed by atoms with van der Waals surface area (Å²) in [5.41, 5.74) is -0.852. The fourth-order valence-corrected chi connectivity index (χ4v) is 2.41. The van der Waals surface area contributed by atoms with Crippen molar-refractivity contribution < 1.29 is 32.6 Å². The van der Waals surface area contributed by atoms with Gasteiger partial charge in [-0.05, 0) is 35.9 Å². The molecule has 2 aromatic rings. The van der Waals surface area contributed by atoms with E-state index in [-0.39, 0.29) is 41.5 Å². The maximum atomic E-state index is 12.9. The molecular formula is C18H15ClF3NO4. The van der Waals surface area contributed by atoms with E-state index >= 15 is 0 Å². The summed E-state index contributed by atoms with van der Waals surface area (Å²) in [6, 6.07) is 7.33. The lowest BCUT2D eigenvalue weighted by atomic mass is 10.1. The van der Waals surface area contributed by atoms with Gasteiger partial charge in [-0.3, -0.25) is 4.79 Å². The molecule has 2 aromatic carbocycles. The first-order valence-corrected chi connectivity index (χ1v) is 8.15. The molecule has 0 aliphatic heterocycles. The normalized spacial score (nSPS) is 11.1. The quantitative estimate of drug-likeness (QED) is 0.715. The van der Waals surface area contributed by atoms with Gasteiger partial charge in [0.25, 0.3) is 0 Å². The highest BCUT2D eigenvalue weighted by Gasteiger charge is 2.33. The first kappa shape index (κ1) is 20.6. The van der Waals surface area contributed by atoms with Crippen molar-refractivity contribution in [3.05, 3.63) is 58.1 Å². The Hall–Kier alpha value is -2.74. The van der Waals surface area contributed by atoms with Crippen molar-refractivity contribution in [2.24, 2.45) is 0 Å². The second-order valence-electron chi connectivity index (χ2n) is 5.51. The molecule has 0 aromatic heterocycles. The molecule has 0 unspecified atom stereocenters. The average molecular weight is 402 g/mol. The number of carboxylic acid groups (broad SMARTS) is 1. The molecule has 0 aliphatic carbocycles. The summed E-state index contributed by atoms with van der Waals surface area (Å²) < 4.78 is 44.0. The minimum atomic E-state index is -4.59. The fraction of sp³-hybridized carbons (Fsp3) is 0.222. The van der Waals surface area contributed by atoms with Gasteiger partial charge in [-0.2, -0.15) is 13.2 Å². The van der Waals surface area contributed by atoms with Crippen LogP contribution in [-0.2, 0) is 17.6 Å². The molecule has 0 atom stereocenters. The molecule has 1 amide bonds. The van der Waals surface area contributed by atoms with Gasteiger partial charge >= 0.3 is 12.1 Å². The molecule has 0 bridgehead atoms. The monoisotopic (exact) mass is 401 g/mol. The minimum Gasteiger partial charge on any atom is -0.489 e. The lowest BCUT2D eigenvalue weighted by Crippen LogP contribution is -2.13. The van der Waals surface area contributed by atoms with E-state index in [0.717, 1.165) is 12.1 Å². The summed E-state index contributed by atoms with van der Waals surface area (Å²) in [6.07, 6.45) is -4.42. The number of hydrogen-bond donors (Lipinski definition) is 2. The predicted octanol–water partition coefficient (Wildman–Crippen LogP) is 4.98. The van der Waals surface area contributed by atoms with Gasteiger partial charge in [-0.15, -0.1) is 0 Å². The number of carbonyl (C=O) groups excluding carboxylic acids is 1. The Morgan fingerprint density at radius 3 is 2.48 bits per heavy atom. The zero-order valence-electron chi connectivity index (χ0n) is 14.1. The second-order valence-corrected chi connectivity index (χ2v) is 5.92. The number of halogens is 4. The highest BCUT2D eigenvalue weighted by molar-refractivity contribution is 6.31. The van der Waals surface area contributed by atoms with Crippen molar-refractivity contribution in [3.63, 3.8) is 0 Å². The van der Waals surface area contributed by atoms with Crippen molar-refractivity contribution in [1.29, 1.82) is 0 Å². The number of aromatic carboxylic acids is 1. The molecule has 2 N–H and O–H groups in total. The SMILES string of the molecule is CCC(=O)Nc1ccc(OCc2ccc(Cl)c(C(F)(F)F)c2)cc1C(=O)O. The van der Waals surface area contributed by atoms with E-state index in [1.54, 1.807) is 6.92 Å². The zero-order valence-corrected chi connectivity index (χ0v) is 14.8. The lowest BCUT2D eigenvalue weighted by molar-refractivity contribution is -0.137.